The van der Waals surface area contributed by atoms with Gasteiger partial charge in [0.2, 0.25) is 0 Å². The molecule has 0 radical (unpaired) electrons. The third kappa shape index (κ3) is 4.51. The molecule has 6 nitrogen and oxygen atoms in total. The highest BCUT2D eigenvalue weighted by atomic mass is 32.2. The maximum Gasteiger partial charge on any atom is 0.403 e. The average molecular weight is 385 g/mol. The lowest BCUT2D eigenvalue weighted by molar-refractivity contribution is -0.0211. The van der Waals surface area contributed by atoms with Crippen molar-refractivity contribution in [3.63, 3.8) is 0 Å². The Morgan fingerprint density at radius 2 is 1.74 bits per heavy atom. The summed E-state index contributed by atoms with van der Waals surface area (Å²) in [6.45, 7) is 4.10. The zero-order chi connectivity index (χ0) is 19.3. The van der Waals surface area contributed by atoms with Gasteiger partial charge in [0.25, 0.3) is 9.84 Å². The van der Waals surface area contributed by atoms with Gasteiger partial charge in [-0.05, 0) is 24.6 Å². The predicted octanol–water partition coefficient (Wildman–Crippen LogP) is 2.34. The SMILES string of the molecule is Cc1ccc(S(=O)(=O)C(=[N+]=[N-])C(Cc2ccccc2)N2CCOCC2)cc1. The number of nitrogens with zero attached hydrogens (tertiary/aromatic N) is 3. The molecule has 27 heavy (non-hydrogen) atoms. The molecule has 1 unspecified atom stereocenters. The van der Waals surface area contributed by atoms with Gasteiger partial charge in [-0.15, -0.1) is 0 Å². The Morgan fingerprint density at radius 1 is 1.11 bits per heavy atom. The molecule has 1 aliphatic heterocycles. The van der Waals surface area contributed by atoms with Crippen LogP contribution in [0, 0.1) is 6.92 Å². The maximum absolute atomic E-state index is 13.2. The second-order valence-corrected chi connectivity index (χ2v) is 8.51. The van der Waals surface area contributed by atoms with Gasteiger partial charge in [0.15, 0.2) is 0 Å². The van der Waals surface area contributed by atoms with Crippen LogP contribution in [0.4, 0.5) is 0 Å². The Kier molecular flexibility index (Phi) is 6.19. The van der Waals surface area contributed by atoms with Crippen molar-refractivity contribution < 1.29 is 17.9 Å². The summed E-state index contributed by atoms with van der Waals surface area (Å²) in [6, 6.07) is 15.6. The van der Waals surface area contributed by atoms with Gasteiger partial charge in [0, 0.05) is 19.5 Å². The van der Waals surface area contributed by atoms with E-state index in [0.29, 0.717) is 32.7 Å². The molecular formula is C20H23N3O3S. The molecule has 3 rings (SSSR count). The molecule has 0 N–H and O–H groups in total. The Labute approximate surface area is 159 Å². The molecule has 0 amide bonds. The summed E-state index contributed by atoms with van der Waals surface area (Å²) >= 11 is 0. The van der Waals surface area contributed by atoms with E-state index >= 15 is 0 Å². The summed E-state index contributed by atoms with van der Waals surface area (Å²) in [5.74, 6) is 0. The maximum atomic E-state index is 13.2. The zero-order valence-electron chi connectivity index (χ0n) is 15.3. The fraction of sp³-hybridized carbons (Fsp3) is 0.350. The van der Waals surface area contributed by atoms with Crippen LogP contribution in [0.2, 0.25) is 0 Å². The van der Waals surface area contributed by atoms with Crippen molar-refractivity contribution in [2.75, 3.05) is 26.3 Å². The van der Waals surface area contributed by atoms with Gasteiger partial charge < -0.3 is 10.3 Å². The van der Waals surface area contributed by atoms with Gasteiger partial charge in [-0.3, -0.25) is 4.90 Å². The highest BCUT2D eigenvalue weighted by molar-refractivity contribution is 8.06. The standard InChI is InChI=1S/C20H23N3O3S/c1-16-7-9-18(10-8-16)27(24,25)20(22-21)19(23-11-13-26-14-12-23)15-17-5-3-2-4-6-17/h2-10,19H,11-15H2,1H3. The topological polar surface area (TPSA) is 83.0 Å². The van der Waals surface area contributed by atoms with Gasteiger partial charge in [-0.2, -0.15) is 4.79 Å². The number of morpholine rings is 1. The number of rotatable bonds is 5. The molecule has 1 saturated heterocycles. The van der Waals surface area contributed by atoms with E-state index in [1.54, 1.807) is 24.3 Å². The van der Waals surface area contributed by atoms with E-state index in [0.717, 1.165) is 11.1 Å². The van der Waals surface area contributed by atoms with Gasteiger partial charge >= 0.3 is 5.04 Å². The van der Waals surface area contributed by atoms with E-state index in [-0.39, 0.29) is 9.94 Å². The summed E-state index contributed by atoms with van der Waals surface area (Å²) in [5.41, 5.74) is 11.7. The van der Waals surface area contributed by atoms with E-state index in [1.165, 1.54) is 0 Å². The summed E-state index contributed by atoms with van der Waals surface area (Å²) < 4.78 is 31.8. The molecule has 142 valence electrons. The average Bonchev–Trinajstić information content (AvgIpc) is 2.69. The van der Waals surface area contributed by atoms with Crippen LogP contribution in [0.3, 0.4) is 0 Å². The first-order chi connectivity index (χ1) is 13.0. The third-order valence-electron chi connectivity index (χ3n) is 4.75. The summed E-state index contributed by atoms with van der Waals surface area (Å²) in [4.78, 5) is 5.42. The summed E-state index contributed by atoms with van der Waals surface area (Å²) in [5, 5.41) is -0.225. The number of hydrogen-bond donors (Lipinski definition) is 0. The quantitative estimate of drug-likeness (QED) is 0.342. The van der Waals surface area contributed by atoms with Gasteiger partial charge in [0.05, 0.1) is 18.1 Å². The van der Waals surface area contributed by atoms with Gasteiger partial charge in [-0.1, -0.05) is 48.0 Å². The molecule has 7 heteroatoms. The molecule has 1 aliphatic rings. The lowest BCUT2D eigenvalue weighted by Gasteiger charge is -2.31. The van der Waals surface area contributed by atoms with Crippen LogP contribution in [0.5, 0.6) is 0 Å². The van der Waals surface area contributed by atoms with Crippen LogP contribution in [0.15, 0.2) is 59.5 Å². The Bertz CT molecular complexity index is 915. The van der Waals surface area contributed by atoms with Gasteiger partial charge in [-0.25, -0.2) is 8.42 Å². The minimum absolute atomic E-state index is 0.132. The van der Waals surface area contributed by atoms with Crippen LogP contribution in [-0.4, -0.2) is 55.5 Å². The molecule has 2 aromatic rings. The van der Waals surface area contributed by atoms with Crippen LogP contribution >= 0.6 is 0 Å². The van der Waals surface area contributed by atoms with E-state index in [1.807, 2.05) is 42.2 Å². The summed E-state index contributed by atoms with van der Waals surface area (Å²) in [7, 11) is -3.92. The Balaban J connectivity index is 1.99. The molecule has 0 spiro atoms. The lowest BCUT2D eigenvalue weighted by atomic mass is 10.0. The van der Waals surface area contributed by atoms with Crippen LogP contribution < -0.4 is 0 Å². The highest BCUT2D eigenvalue weighted by Gasteiger charge is 2.41. The van der Waals surface area contributed by atoms with Crippen molar-refractivity contribution in [1.82, 2.24) is 4.90 Å². The largest absolute Gasteiger partial charge is 0.403 e. The second-order valence-electron chi connectivity index (χ2n) is 6.61. The van der Waals surface area contributed by atoms with Crippen molar-refractivity contribution in [2.24, 2.45) is 0 Å². The molecule has 0 bridgehead atoms. The number of aryl methyl sites for hydroxylation is 1. The zero-order valence-corrected chi connectivity index (χ0v) is 16.1. The van der Waals surface area contributed by atoms with Crippen LogP contribution in [0.1, 0.15) is 11.1 Å². The first-order valence-electron chi connectivity index (χ1n) is 8.92. The molecule has 0 aromatic heterocycles. The van der Waals surface area contributed by atoms with E-state index < -0.39 is 15.9 Å². The fourth-order valence-corrected chi connectivity index (χ4v) is 4.67. The van der Waals surface area contributed by atoms with Crippen molar-refractivity contribution in [2.45, 2.75) is 24.3 Å². The monoisotopic (exact) mass is 385 g/mol. The Hall–Kier alpha value is -2.31. The third-order valence-corrected chi connectivity index (χ3v) is 6.55. The molecular weight excluding hydrogens is 362 g/mol. The van der Waals surface area contributed by atoms with Crippen molar-refractivity contribution in [1.29, 1.82) is 0 Å². The second kappa shape index (κ2) is 8.59. The van der Waals surface area contributed by atoms with Crippen molar-refractivity contribution in [3.8, 4) is 0 Å². The van der Waals surface area contributed by atoms with Crippen LogP contribution in [0.25, 0.3) is 5.53 Å². The van der Waals surface area contributed by atoms with Crippen LogP contribution in [-0.2, 0) is 21.0 Å². The first-order valence-corrected chi connectivity index (χ1v) is 10.4. The first kappa shape index (κ1) is 19.5. The normalized spacial score (nSPS) is 16.5. The molecule has 1 atom stereocenters. The van der Waals surface area contributed by atoms with Gasteiger partial charge in [0.1, 0.15) is 6.04 Å². The molecule has 0 aliphatic carbocycles. The fourth-order valence-electron chi connectivity index (χ4n) is 3.24. The highest BCUT2D eigenvalue weighted by Crippen LogP contribution is 2.20. The lowest BCUT2D eigenvalue weighted by Crippen LogP contribution is -2.50. The number of hydrogen-bond acceptors (Lipinski definition) is 4. The minimum atomic E-state index is -3.92. The van der Waals surface area contributed by atoms with E-state index in [9.17, 15) is 13.9 Å². The molecule has 1 heterocycles. The van der Waals surface area contributed by atoms with E-state index in [4.69, 9.17) is 4.74 Å². The van der Waals surface area contributed by atoms with Crippen molar-refractivity contribution >= 4 is 14.9 Å². The summed E-state index contributed by atoms with van der Waals surface area (Å²) in [6.07, 6.45) is 0.436. The molecule has 0 saturated carbocycles. The van der Waals surface area contributed by atoms with E-state index in [2.05, 4.69) is 4.79 Å². The molecule has 2 aromatic carbocycles. The smallest absolute Gasteiger partial charge is 0.379 e. The number of benzene rings is 2. The number of ether oxygens (including phenoxy) is 1. The van der Waals surface area contributed by atoms with Crippen molar-refractivity contribution in [3.05, 3.63) is 71.3 Å². The molecule has 1 fully saturated rings. The number of sulfone groups is 1. The Morgan fingerprint density at radius 3 is 2.33 bits per heavy atom. The predicted molar refractivity (Wildman–Crippen MR) is 103 cm³/mol. The minimum Gasteiger partial charge on any atom is -0.379 e.